The normalized spacial score (nSPS) is 27.5. The summed E-state index contributed by atoms with van der Waals surface area (Å²) in [4.78, 5) is 0. The highest BCUT2D eigenvalue weighted by Gasteiger charge is 2.33. The van der Waals surface area contributed by atoms with Gasteiger partial charge in [0.25, 0.3) is 0 Å². The lowest BCUT2D eigenvalue weighted by Gasteiger charge is -2.35. The van der Waals surface area contributed by atoms with Crippen molar-refractivity contribution in [2.24, 2.45) is 0 Å². The number of sulfonamides is 1. The van der Waals surface area contributed by atoms with Crippen LogP contribution < -0.4 is 10.0 Å². The smallest absolute Gasteiger partial charge is 0.213 e. The molecular formula is C13H26N2O2S2. The van der Waals surface area contributed by atoms with E-state index in [0.717, 1.165) is 32.2 Å². The molecule has 1 aliphatic heterocycles. The SMILES string of the molecule is CSC1(CNS(=O)(=O)CC2CCCN2)CCCCC1. The lowest BCUT2D eigenvalue weighted by atomic mass is 9.88. The van der Waals surface area contributed by atoms with E-state index < -0.39 is 10.0 Å². The Morgan fingerprint density at radius 2 is 2.00 bits per heavy atom. The molecule has 1 saturated heterocycles. The van der Waals surface area contributed by atoms with Crippen LogP contribution in [0.4, 0.5) is 0 Å². The minimum Gasteiger partial charge on any atom is -0.313 e. The molecule has 6 heteroatoms. The number of hydrogen-bond donors (Lipinski definition) is 2. The predicted octanol–water partition coefficient (Wildman–Crippen LogP) is 1.72. The lowest BCUT2D eigenvalue weighted by Crippen LogP contribution is -2.44. The molecule has 0 aromatic heterocycles. The molecule has 1 unspecified atom stereocenters. The quantitative estimate of drug-likeness (QED) is 0.784. The topological polar surface area (TPSA) is 58.2 Å². The van der Waals surface area contributed by atoms with E-state index in [4.69, 9.17) is 0 Å². The molecule has 0 amide bonds. The second-order valence-corrected chi connectivity index (χ2v) is 8.97. The predicted molar refractivity (Wildman–Crippen MR) is 82.1 cm³/mol. The van der Waals surface area contributed by atoms with Gasteiger partial charge < -0.3 is 5.32 Å². The third-order valence-corrected chi connectivity index (χ3v) is 7.24. The monoisotopic (exact) mass is 306 g/mol. The van der Waals surface area contributed by atoms with Crippen LogP contribution in [0.3, 0.4) is 0 Å². The van der Waals surface area contributed by atoms with Crippen LogP contribution >= 0.6 is 11.8 Å². The highest BCUT2D eigenvalue weighted by atomic mass is 32.2. The molecule has 0 aromatic rings. The standard InChI is InChI=1S/C13H26N2O2S2/c1-18-13(7-3-2-4-8-13)11-15-19(16,17)10-12-6-5-9-14-12/h12,14-15H,2-11H2,1H3. The van der Waals surface area contributed by atoms with E-state index in [2.05, 4.69) is 16.3 Å². The van der Waals surface area contributed by atoms with Crippen molar-refractivity contribution in [1.29, 1.82) is 0 Å². The van der Waals surface area contributed by atoms with Gasteiger partial charge in [0, 0.05) is 17.3 Å². The highest BCUT2D eigenvalue weighted by Crippen LogP contribution is 2.38. The van der Waals surface area contributed by atoms with Gasteiger partial charge in [0.05, 0.1) is 5.75 Å². The number of rotatable bonds is 6. The van der Waals surface area contributed by atoms with Crippen molar-refractivity contribution < 1.29 is 8.42 Å². The molecule has 0 aromatic carbocycles. The Morgan fingerprint density at radius 3 is 2.58 bits per heavy atom. The van der Waals surface area contributed by atoms with E-state index in [9.17, 15) is 8.42 Å². The minimum absolute atomic E-state index is 0.133. The van der Waals surface area contributed by atoms with E-state index >= 15 is 0 Å². The molecule has 0 bridgehead atoms. The number of thioether (sulfide) groups is 1. The third kappa shape index (κ3) is 4.62. The Balaban J connectivity index is 1.85. The van der Waals surface area contributed by atoms with Gasteiger partial charge in [-0.1, -0.05) is 19.3 Å². The average molecular weight is 306 g/mol. The van der Waals surface area contributed by atoms with Gasteiger partial charge in [-0.05, 0) is 38.5 Å². The summed E-state index contributed by atoms with van der Waals surface area (Å²) < 4.78 is 27.2. The molecule has 1 aliphatic carbocycles. The lowest BCUT2D eigenvalue weighted by molar-refractivity contribution is 0.394. The summed E-state index contributed by atoms with van der Waals surface area (Å²) in [7, 11) is -3.14. The molecule has 4 nitrogen and oxygen atoms in total. The summed E-state index contributed by atoms with van der Waals surface area (Å²) >= 11 is 1.83. The Labute approximate surface area is 121 Å². The van der Waals surface area contributed by atoms with Crippen molar-refractivity contribution in [1.82, 2.24) is 10.0 Å². The zero-order chi connectivity index (χ0) is 13.8. The maximum atomic E-state index is 12.1. The van der Waals surface area contributed by atoms with Crippen LogP contribution in [0.5, 0.6) is 0 Å². The Morgan fingerprint density at radius 1 is 1.26 bits per heavy atom. The largest absolute Gasteiger partial charge is 0.313 e. The van der Waals surface area contributed by atoms with Crippen LogP contribution in [-0.4, -0.2) is 44.3 Å². The molecule has 2 fully saturated rings. The minimum atomic E-state index is -3.14. The van der Waals surface area contributed by atoms with Crippen molar-refractivity contribution in [3.05, 3.63) is 0 Å². The molecule has 2 N–H and O–H groups in total. The van der Waals surface area contributed by atoms with Crippen molar-refractivity contribution in [3.8, 4) is 0 Å². The first-order valence-electron chi connectivity index (χ1n) is 7.31. The van der Waals surface area contributed by atoms with Crippen LogP contribution in [0, 0.1) is 0 Å². The maximum Gasteiger partial charge on any atom is 0.213 e. The van der Waals surface area contributed by atoms with Gasteiger partial charge in [-0.25, -0.2) is 13.1 Å². The van der Waals surface area contributed by atoms with Crippen molar-refractivity contribution in [3.63, 3.8) is 0 Å². The van der Waals surface area contributed by atoms with Crippen LogP contribution in [0.25, 0.3) is 0 Å². The fraction of sp³-hybridized carbons (Fsp3) is 1.00. The molecule has 1 atom stereocenters. The summed E-state index contributed by atoms with van der Waals surface area (Å²) in [5, 5.41) is 3.25. The zero-order valence-corrected chi connectivity index (χ0v) is 13.4. The number of nitrogens with one attached hydrogen (secondary N) is 2. The first-order chi connectivity index (χ1) is 9.05. The molecule has 2 aliphatic rings. The fourth-order valence-corrected chi connectivity index (χ4v) is 5.55. The van der Waals surface area contributed by atoms with E-state index in [-0.39, 0.29) is 16.5 Å². The van der Waals surface area contributed by atoms with Gasteiger partial charge in [-0.3, -0.25) is 0 Å². The Kier molecular flexibility index (Phi) is 5.57. The summed E-state index contributed by atoms with van der Waals surface area (Å²) in [5.41, 5.74) is 0. The van der Waals surface area contributed by atoms with Crippen molar-refractivity contribution >= 4 is 21.8 Å². The van der Waals surface area contributed by atoms with Crippen molar-refractivity contribution in [2.75, 3.05) is 25.1 Å². The molecule has 2 rings (SSSR count). The van der Waals surface area contributed by atoms with Crippen LogP contribution in [0.1, 0.15) is 44.9 Å². The third-order valence-electron chi connectivity index (χ3n) is 4.40. The van der Waals surface area contributed by atoms with E-state index in [0.29, 0.717) is 6.54 Å². The van der Waals surface area contributed by atoms with Gasteiger partial charge >= 0.3 is 0 Å². The molecule has 1 saturated carbocycles. The molecule has 19 heavy (non-hydrogen) atoms. The van der Waals surface area contributed by atoms with Crippen molar-refractivity contribution in [2.45, 2.75) is 55.7 Å². The van der Waals surface area contributed by atoms with Crippen LogP contribution in [0.15, 0.2) is 0 Å². The summed E-state index contributed by atoms with van der Waals surface area (Å²) in [5.74, 6) is 0.234. The van der Waals surface area contributed by atoms with Gasteiger partial charge in [0.1, 0.15) is 0 Å². The van der Waals surface area contributed by atoms with Gasteiger partial charge in [-0.15, -0.1) is 0 Å². The summed E-state index contributed by atoms with van der Waals surface area (Å²) in [6, 6.07) is 0.147. The van der Waals surface area contributed by atoms with E-state index in [1.54, 1.807) is 0 Å². The van der Waals surface area contributed by atoms with Gasteiger partial charge in [0.2, 0.25) is 10.0 Å². The molecule has 0 radical (unpaired) electrons. The first kappa shape index (κ1) is 15.6. The molecular weight excluding hydrogens is 280 g/mol. The second-order valence-electron chi connectivity index (χ2n) is 5.84. The van der Waals surface area contributed by atoms with Gasteiger partial charge in [0.15, 0.2) is 0 Å². The van der Waals surface area contributed by atoms with Crippen LogP contribution in [-0.2, 0) is 10.0 Å². The van der Waals surface area contributed by atoms with Crippen LogP contribution in [0.2, 0.25) is 0 Å². The zero-order valence-electron chi connectivity index (χ0n) is 11.8. The maximum absolute atomic E-state index is 12.1. The Hall–Kier alpha value is 0.220. The highest BCUT2D eigenvalue weighted by molar-refractivity contribution is 8.00. The second kappa shape index (κ2) is 6.78. The van der Waals surface area contributed by atoms with E-state index in [1.165, 1.54) is 19.3 Å². The average Bonchev–Trinajstić information content (AvgIpc) is 2.90. The summed E-state index contributed by atoms with van der Waals surface area (Å²) in [6.45, 7) is 1.55. The molecule has 112 valence electrons. The first-order valence-corrected chi connectivity index (χ1v) is 10.2. The fourth-order valence-electron chi connectivity index (χ4n) is 3.11. The van der Waals surface area contributed by atoms with E-state index in [1.807, 2.05) is 11.8 Å². The van der Waals surface area contributed by atoms with Gasteiger partial charge in [-0.2, -0.15) is 11.8 Å². The summed E-state index contributed by atoms with van der Waals surface area (Å²) in [6.07, 6.45) is 10.2. The molecule has 1 heterocycles. The molecule has 0 spiro atoms. The Bertz CT molecular complexity index is 372. The number of hydrogen-bond acceptors (Lipinski definition) is 4.